The third-order valence-electron chi connectivity index (χ3n) is 4.24. The van der Waals surface area contributed by atoms with E-state index in [1.165, 1.54) is 0 Å². The van der Waals surface area contributed by atoms with E-state index in [2.05, 4.69) is 22.0 Å². The minimum atomic E-state index is 0.140. The number of hydrogen-bond acceptors (Lipinski definition) is 4. The fraction of sp³-hybridized carbons (Fsp3) is 0.500. The molecule has 0 aromatic carbocycles. The number of nitrogens with zero attached hydrogens (tertiary/aromatic N) is 5. The summed E-state index contributed by atoms with van der Waals surface area (Å²) in [6.45, 7) is 6.09. The van der Waals surface area contributed by atoms with Crippen LogP contribution in [-0.2, 0) is 11.3 Å². The molecular weight excluding hydrogens is 278 g/mol. The van der Waals surface area contributed by atoms with Gasteiger partial charge in [-0.3, -0.25) is 19.4 Å². The molecule has 1 saturated heterocycles. The molecule has 6 heteroatoms. The summed E-state index contributed by atoms with van der Waals surface area (Å²) in [5, 5.41) is 4.26. The SMILES string of the molecule is CCn1nccc1-c1cnc([C@H]2CCCN(C(C)=O)C2)cn1. The highest BCUT2D eigenvalue weighted by molar-refractivity contribution is 5.73. The predicted molar refractivity (Wildman–Crippen MR) is 83.2 cm³/mol. The van der Waals surface area contributed by atoms with E-state index in [0.29, 0.717) is 0 Å². The van der Waals surface area contributed by atoms with Crippen molar-refractivity contribution in [3.05, 3.63) is 30.4 Å². The van der Waals surface area contributed by atoms with Crippen LogP contribution in [0.15, 0.2) is 24.7 Å². The fourth-order valence-electron chi connectivity index (χ4n) is 2.99. The normalized spacial score (nSPS) is 18.5. The van der Waals surface area contributed by atoms with Crippen LogP contribution in [0.3, 0.4) is 0 Å². The Bertz CT molecular complexity index is 649. The van der Waals surface area contributed by atoms with E-state index in [-0.39, 0.29) is 11.8 Å². The lowest BCUT2D eigenvalue weighted by molar-refractivity contribution is -0.130. The molecule has 1 atom stereocenters. The summed E-state index contributed by atoms with van der Waals surface area (Å²) in [6, 6.07) is 1.95. The standard InChI is InChI=1S/C16H21N5O/c1-3-21-16(6-7-19-21)15-10-17-14(9-18-15)13-5-4-8-20(11-13)12(2)22/h6-7,9-10,13H,3-5,8,11H2,1-2H3/t13-/m0/s1. The molecule has 1 amide bonds. The molecule has 0 N–H and O–H groups in total. The van der Waals surface area contributed by atoms with Gasteiger partial charge in [-0.05, 0) is 25.8 Å². The van der Waals surface area contributed by atoms with Crippen molar-refractivity contribution < 1.29 is 4.79 Å². The van der Waals surface area contributed by atoms with Crippen molar-refractivity contribution in [2.45, 2.75) is 39.2 Å². The molecule has 3 heterocycles. The van der Waals surface area contributed by atoms with Crippen LogP contribution < -0.4 is 0 Å². The third kappa shape index (κ3) is 2.86. The number of likely N-dealkylation sites (tertiary alicyclic amines) is 1. The molecule has 0 unspecified atom stereocenters. The zero-order valence-corrected chi connectivity index (χ0v) is 13.1. The van der Waals surface area contributed by atoms with Gasteiger partial charge in [0.05, 0.1) is 17.6 Å². The van der Waals surface area contributed by atoms with Gasteiger partial charge in [0, 0.05) is 44.9 Å². The number of piperidine rings is 1. The molecule has 2 aromatic rings. The maximum Gasteiger partial charge on any atom is 0.219 e. The van der Waals surface area contributed by atoms with E-state index in [1.807, 2.05) is 28.0 Å². The second-order valence-electron chi connectivity index (χ2n) is 5.66. The summed E-state index contributed by atoms with van der Waals surface area (Å²) in [6.07, 6.45) is 7.52. The van der Waals surface area contributed by atoms with Crippen molar-refractivity contribution in [2.75, 3.05) is 13.1 Å². The molecule has 0 spiro atoms. The zero-order chi connectivity index (χ0) is 15.5. The van der Waals surface area contributed by atoms with Crippen LogP contribution in [0.5, 0.6) is 0 Å². The molecule has 0 radical (unpaired) electrons. The molecule has 1 aliphatic heterocycles. The Morgan fingerprint density at radius 1 is 1.36 bits per heavy atom. The summed E-state index contributed by atoms with van der Waals surface area (Å²) in [4.78, 5) is 22.6. The highest BCUT2D eigenvalue weighted by Crippen LogP contribution is 2.26. The number of amides is 1. The highest BCUT2D eigenvalue weighted by Gasteiger charge is 2.24. The van der Waals surface area contributed by atoms with Crippen molar-refractivity contribution in [3.63, 3.8) is 0 Å². The summed E-state index contributed by atoms with van der Waals surface area (Å²) in [7, 11) is 0. The van der Waals surface area contributed by atoms with E-state index < -0.39 is 0 Å². The van der Waals surface area contributed by atoms with Crippen molar-refractivity contribution in [1.82, 2.24) is 24.6 Å². The zero-order valence-electron chi connectivity index (χ0n) is 13.1. The summed E-state index contributed by atoms with van der Waals surface area (Å²) in [5.74, 6) is 0.427. The van der Waals surface area contributed by atoms with Gasteiger partial charge in [0.25, 0.3) is 0 Å². The predicted octanol–water partition coefficient (Wildman–Crippen LogP) is 2.09. The number of carbonyl (C=O) groups excluding carboxylic acids is 1. The quantitative estimate of drug-likeness (QED) is 0.870. The maximum absolute atomic E-state index is 11.5. The Kier molecular flexibility index (Phi) is 4.18. The lowest BCUT2D eigenvalue weighted by Crippen LogP contribution is -2.37. The Hall–Kier alpha value is -2.24. The molecule has 1 fully saturated rings. The first-order valence-electron chi connectivity index (χ1n) is 7.78. The van der Waals surface area contributed by atoms with Crippen LogP contribution in [0.25, 0.3) is 11.4 Å². The van der Waals surface area contributed by atoms with Gasteiger partial charge in [-0.1, -0.05) is 0 Å². The molecular formula is C16H21N5O. The Balaban J connectivity index is 1.78. The van der Waals surface area contributed by atoms with Crippen molar-refractivity contribution >= 4 is 5.91 Å². The minimum absolute atomic E-state index is 0.140. The monoisotopic (exact) mass is 299 g/mol. The highest BCUT2D eigenvalue weighted by atomic mass is 16.2. The van der Waals surface area contributed by atoms with E-state index in [4.69, 9.17) is 0 Å². The third-order valence-corrected chi connectivity index (χ3v) is 4.24. The van der Waals surface area contributed by atoms with E-state index in [1.54, 1.807) is 13.1 Å². The van der Waals surface area contributed by atoms with Crippen molar-refractivity contribution in [2.24, 2.45) is 0 Å². The molecule has 0 bridgehead atoms. The van der Waals surface area contributed by atoms with Crippen molar-refractivity contribution in [3.8, 4) is 11.4 Å². The van der Waals surface area contributed by atoms with Crippen LogP contribution in [0.2, 0.25) is 0 Å². The van der Waals surface area contributed by atoms with E-state index in [0.717, 1.165) is 49.6 Å². The van der Waals surface area contributed by atoms with Crippen LogP contribution in [0, 0.1) is 0 Å². The Morgan fingerprint density at radius 3 is 2.91 bits per heavy atom. The summed E-state index contributed by atoms with van der Waals surface area (Å²) < 4.78 is 1.90. The largest absolute Gasteiger partial charge is 0.342 e. The number of aryl methyl sites for hydroxylation is 1. The maximum atomic E-state index is 11.5. The van der Waals surface area contributed by atoms with Crippen LogP contribution in [-0.4, -0.2) is 43.6 Å². The molecule has 116 valence electrons. The smallest absolute Gasteiger partial charge is 0.219 e. The molecule has 2 aromatic heterocycles. The number of hydrogen-bond donors (Lipinski definition) is 0. The Morgan fingerprint density at radius 2 is 2.23 bits per heavy atom. The summed E-state index contributed by atoms with van der Waals surface area (Å²) >= 11 is 0. The van der Waals surface area contributed by atoms with Gasteiger partial charge in [-0.15, -0.1) is 0 Å². The summed E-state index contributed by atoms with van der Waals surface area (Å²) in [5.41, 5.74) is 2.79. The lowest BCUT2D eigenvalue weighted by atomic mass is 9.95. The topological polar surface area (TPSA) is 63.9 Å². The molecule has 22 heavy (non-hydrogen) atoms. The van der Waals surface area contributed by atoms with Gasteiger partial charge in [0.1, 0.15) is 5.69 Å². The average Bonchev–Trinajstić information content (AvgIpc) is 3.04. The van der Waals surface area contributed by atoms with Crippen molar-refractivity contribution in [1.29, 1.82) is 0 Å². The molecule has 6 nitrogen and oxygen atoms in total. The van der Waals surface area contributed by atoms with Gasteiger partial charge in [0.15, 0.2) is 0 Å². The first-order valence-corrected chi connectivity index (χ1v) is 7.78. The van der Waals surface area contributed by atoms with Gasteiger partial charge in [0.2, 0.25) is 5.91 Å². The fourth-order valence-corrected chi connectivity index (χ4v) is 2.99. The average molecular weight is 299 g/mol. The second kappa shape index (κ2) is 6.25. The van der Waals surface area contributed by atoms with E-state index in [9.17, 15) is 4.79 Å². The molecule has 0 saturated carbocycles. The van der Waals surface area contributed by atoms with Gasteiger partial charge < -0.3 is 4.90 Å². The van der Waals surface area contributed by atoms with Gasteiger partial charge in [-0.25, -0.2) is 0 Å². The first kappa shape index (κ1) is 14.7. The van der Waals surface area contributed by atoms with Crippen LogP contribution in [0.4, 0.5) is 0 Å². The second-order valence-corrected chi connectivity index (χ2v) is 5.66. The lowest BCUT2D eigenvalue weighted by Gasteiger charge is -2.31. The van der Waals surface area contributed by atoms with Gasteiger partial charge >= 0.3 is 0 Å². The van der Waals surface area contributed by atoms with Crippen LogP contribution >= 0.6 is 0 Å². The number of rotatable bonds is 3. The Labute approximate surface area is 130 Å². The first-order chi connectivity index (χ1) is 10.7. The molecule has 1 aliphatic rings. The number of aromatic nitrogens is 4. The number of carbonyl (C=O) groups is 1. The molecule has 3 rings (SSSR count). The molecule has 0 aliphatic carbocycles. The van der Waals surface area contributed by atoms with E-state index >= 15 is 0 Å². The minimum Gasteiger partial charge on any atom is -0.342 e. The van der Waals surface area contributed by atoms with Crippen LogP contribution in [0.1, 0.15) is 38.3 Å². The van der Waals surface area contributed by atoms with Gasteiger partial charge in [-0.2, -0.15) is 5.10 Å².